The van der Waals surface area contributed by atoms with Gasteiger partial charge in [-0.15, -0.1) is 0 Å². The topological polar surface area (TPSA) is 34.4 Å². The zero-order valence-electron chi connectivity index (χ0n) is 14.0. The minimum Gasteiger partial charge on any atom is -0.303 e. The first-order valence-corrected chi connectivity index (χ1v) is 8.33. The minimum atomic E-state index is 0.0892. The third-order valence-electron chi connectivity index (χ3n) is 4.41. The molecule has 0 saturated heterocycles. The summed E-state index contributed by atoms with van der Waals surface area (Å²) in [4.78, 5) is 16.3. The van der Waals surface area contributed by atoms with E-state index in [2.05, 4.69) is 16.5 Å². The Bertz CT molecular complexity index is 1030. The quantitative estimate of drug-likeness (QED) is 0.505. The van der Waals surface area contributed by atoms with Crippen LogP contribution in [0.2, 0.25) is 0 Å². The van der Waals surface area contributed by atoms with Gasteiger partial charge in [0, 0.05) is 23.7 Å². The summed E-state index contributed by atoms with van der Waals surface area (Å²) in [5.74, 6) is 0.0892. The summed E-state index contributed by atoms with van der Waals surface area (Å²) in [5, 5.41) is 0. The van der Waals surface area contributed by atoms with Crippen molar-refractivity contribution in [1.29, 1.82) is 0 Å². The fourth-order valence-corrected chi connectivity index (χ4v) is 3.09. The van der Waals surface area contributed by atoms with Crippen molar-refractivity contribution in [2.45, 2.75) is 13.3 Å². The first-order chi connectivity index (χ1) is 12.2. The Morgan fingerprint density at radius 1 is 0.920 bits per heavy atom. The van der Waals surface area contributed by atoms with Crippen molar-refractivity contribution in [3.8, 4) is 11.3 Å². The van der Waals surface area contributed by atoms with Gasteiger partial charge in [-0.2, -0.15) is 0 Å². The average molecular weight is 326 g/mol. The molecule has 4 aromatic rings. The van der Waals surface area contributed by atoms with Gasteiger partial charge in [0.1, 0.15) is 5.65 Å². The Morgan fingerprint density at radius 2 is 1.64 bits per heavy atom. The lowest BCUT2D eigenvalue weighted by molar-refractivity contribution is 0.101. The molecular weight excluding hydrogens is 308 g/mol. The van der Waals surface area contributed by atoms with Gasteiger partial charge < -0.3 is 4.40 Å². The number of hydrogen-bond donors (Lipinski definition) is 0. The van der Waals surface area contributed by atoms with E-state index in [-0.39, 0.29) is 5.78 Å². The van der Waals surface area contributed by atoms with Crippen molar-refractivity contribution >= 4 is 11.4 Å². The zero-order valence-corrected chi connectivity index (χ0v) is 14.0. The number of Topliss-reactive ketones (excluding diaryl/α,β-unsaturated/α-hetero) is 1. The molecule has 3 heteroatoms. The number of ketones is 1. The Hall–Kier alpha value is -3.20. The summed E-state index contributed by atoms with van der Waals surface area (Å²) in [6, 6.07) is 24.1. The standard InChI is InChI=1S/C22H18N2O/c1-16(25)18-12-10-17(11-13-18)15-20-22(19-7-3-2-4-8-19)23-21-9-5-6-14-24(20)21/h2-14H,15H2,1H3. The van der Waals surface area contributed by atoms with Gasteiger partial charge >= 0.3 is 0 Å². The lowest BCUT2D eigenvalue weighted by Crippen LogP contribution is -1.98. The summed E-state index contributed by atoms with van der Waals surface area (Å²) in [5.41, 5.74) is 6.11. The minimum absolute atomic E-state index is 0.0892. The summed E-state index contributed by atoms with van der Waals surface area (Å²) in [6.07, 6.45) is 2.81. The number of nitrogens with zero attached hydrogens (tertiary/aromatic N) is 2. The molecule has 0 spiro atoms. The Morgan fingerprint density at radius 3 is 2.36 bits per heavy atom. The van der Waals surface area contributed by atoms with Gasteiger partial charge in [0.15, 0.2) is 5.78 Å². The van der Waals surface area contributed by atoms with Gasteiger partial charge in [0.25, 0.3) is 0 Å². The highest BCUT2D eigenvalue weighted by Crippen LogP contribution is 2.26. The van der Waals surface area contributed by atoms with Crippen LogP contribution in [0, 0.1) is 0 Å². The van der Waals surface area contributed by atoms with Crippen LogP contribution in [0.15, 0.2) is 79.0 Å². The number of hydrogen-bond acceptors (Lipinski definition) is 2. The maximum absolute atomic E-state index is 11.5. The maximum Gasteiger partial charge on any atom is 0.159 e. The second kappa shape index (κ2) is 6.36. The van der Waals surface area contributed by atoms with E-state index in [1.165, 1.54) is 0 Å². The lowest BCUT2D eigenvalue weighted by Gasteiger charge is -2.06. The van der Waals surface area contributed by atoms with Gasteiger partial charge in [-0.1, -0.05) is 60.7 Å². The molecule has 0 unspecified atom stereocenters. The zero-order chi connectivity index (χ0) is 17.2. The van der Waals surface area contributed by atoms with Crippen LogP contribution in [-0.2, 0) is 6.42 Å². The van der Waals surface area contributed by atoms with E-state index in [9.17, 15) is 4.79 Å². The van der Waals surface area contributed by atoms with E-state index in [1.807, 2.05) is 66.9 Å². The molecule has 0 radical (unpaired) electrons. The Labute approximate surface area is 146 Å². The normalized spacial score (nSPS) is 10.9. The third kappa shape index (κ3) is 2.96. The molecule has 4 rings (SSSR count). The molecule has 2 heterocycles. The smallest absolute Gasteiger partial charge is 0.159 e. The molecule has 2 aromatic carbocycles. The number of aromatic nitrogens is 2. The Kier molecular flexibility index (Phi) is 3.90. The van der Waals surface area contributed by atoms with Crippen molar-refractivity contribution < 1.29 is 4.79 Å². The second-order valence-electron chi connectivity index (χ2n) is 6.13. The molecule has 0 atom stereocenters. The van der Waals surface area contributed by atoms with Crippen LogP contribution in [-0.4, -0.2) is 15.2 Å². The van der Waals surface area contributed by atoms with Gasteiger partial charge in [-0.3, -0.25) is 4.79 Å². The van der Waals surface area contributed by atoms with Crippen LogP contribution in [0.3, 0.4) is 0 Å². The van der Waals surface area contributed by atoms with Crippen LogP contribution in [0.5, 0.6) is 0 Å². The number of benzene rings is 2. The van der Waals surface area contributed by atoms with E-state index in [0.717, 1.165) is 40.1 Å². The van der Waals surface area contributed by atoms with E-state index < -0.39 is 0 Å². The summed E-state index contributed by atoms with van der Waals surface area (Å²) in [6.45, 7) is 1.59. The fourth-order valence-electron chi connectivity index (χ4n) is 3.09. The maximum atomic E-state index is 11.5. The van der Waals surface area contributed by atoms with Crippen LogP contribution >= 0.6 is 0 Å². The highest BCUT2D eigenvalue weighted by atomic mass is 16.1. The monoisotopic (exact) mass is 326 g/mol. The largest absolute Gasteiger partial charge is 0.303 e. The third-order valence-corrected chi connectivity index (χ3v) is 4.41. The van der Waals surface area contributed by atoms with Crippen molar-refractivity contribution in [2.75, 3.05) is 0 Å². The Balaban J connectivity index is 1.81. The number of carbonyl (C=O) groups excluding carboxylic acids is 1. The van der Waals surface area contributed by atoms with Crippen molar-refractivity contribution in [3.05, 3.63) is 95.8 Å². The SMILES string of the molecule is CC(=O)c1ccc(Cc2c(-c3ccccc3)nc3ccccn23)cc1. The van der Waals surface area contributed by atoms with Crippen LogP contribution in [0.4, 0.5) is 0 Å². The molecule has 0 fully saturated rings. The highest BCUT2D eigenvalue weighted by molar-refractivity contribution is 5.94. The molecule has 25 heavy (non-hydrogen) atoms. The van der Waals surface area contributed by atoms with Crippen molar-refractivity contribution in [2.24, 2.45) is 0 Å². The first kappa shape index (κ1) is 15.3. The van der Waals surface area contributed by atoms with Gasteiger partial charge in [-0.05, 0) is 24.6 Å². The molecule has 2 aromatic heterocycles. The molecule has 0 amide bonds. The number of imidazole rings is 1. The van der Waals surface area contributed by atoms with Crippen molar-refractivity contribution in [3.63, 3.8) is 0 Å². The number of pyridine rings is 1. The molecule has 0 aliphatic rings. The summed E-state index contributed by atoms with van der Waals surface area (Å²) in [7, 11) is 0. The molecule has 0 N–H and O–H groups in total. The molecule has 0 bridgehead atoms. The molecule has 0 aliphatic heterocycles. The number of fused-ring (bicyclic) bond motifs is 1. The van der Waals surface area contributed by atoms with E-state index in [0.29, 0.717) is 0 Å². The highest BCUT2D eigenvalue weighted by Gasteiger charge is 2.14. The van der Waals surface area contributed by atoms with Crippen LogP contribution in [0.25, 0.3) is 16.9 Å². The van der Waals surface area contributed by atoms with Gasteiger partial charge in [0.05, 0.1) is 11.4 Å². The molecule has 3 nitrogen and oxygen atoms in total. The van der Waals surface area contributed by atoms with Gasteiger partial charge in [-0.25, -0.2) is 4.98 Å². The van der Waals surface area contributed by atoms with Crippen LogP contribution < -0.4 is 0 Å². The van der Waals surface area contributed by atoms with Gasteiger partial charge in [0.2, 0.25) is 0 Å². The van der Waals surface area contributed by atoms with E-state index in [4.69, 9.17) is 4.98 Å². The average Bonchev–Trinajstić information content (AvgIpc) is 3.02. The summed E-state index contributed by atoms with van der Waals surface area (Å²) >= 11 is 0. The van der Waals surface area contributed by atoms with E-state index in [1.54, 1.807) is 6.92 Å². The molecule has 0 aliphatic carbocycles. The second-order valence-corrected chi connectivity index (χ2v) is 6.13. The fraction of sp³-hybridized carbons (Fsp3) is 0.0909. The van der Waals surface area contributed by atoms with E-state index >= 15 is 0 Å². The predicted molar refractivity (Wildman–Crippen MR) is 99.9 cm³/mol. The number of carbonyl (C=O) groups is 1. The predicted octanol–water partition coefficient (Wildman–Crippen LogP) is 4.79. The van der Waals surface area contributed by atoms with Crippen molar-refractivity contribution in [1.82, 2.24) is 9.38 Å². The first-order valence-electron chi connectivity index (χ1n) is 8.33. The molecular formula is C22H18N2O. The summed E-state index contributed by atoms with van der Waals surface area (Å²) < 4.78 is 2.14. The molecule has 122 valence electrons. The lowest BCUT2D eigenvalue weighted by atomic mass is 10.0. The molecule has 0 saturated carbocycles. The van der Waals surface area contributed by atoms with Crippen LogP contribution in [0.1, 0.15) is 28.5 Å². The number of rotatable bonds is 4.